The SMILES string of the molecule is CS(=O)(=O)CCOc1cccc(NC(=O)NCC2CCCO2)c1. The van der Waals surface area contributed by atoms with Gasteiger partial charge in [0.2, 0.25) is 0 Å². The first-order valence-electron chi connectivity index (χ1n) is 7.49. The van der Waals surface area contributed by atoms with Crippen LogP contribution in [0.5, 0.6) is 5.75 Å². The van der Waals surface area contributed by atoms with Crippen molar-refractivity contribution >= 4 is 21.6 Å². The van der Waals surface area contributed by atoms with E-state index in [4.69, 9.17) is 9.47 Å². The van der Waals surface area contributed by atoms with Gasteiger partial charge in [-0.15, -0.1) is 0 Å². The Morgan fingerprint density at radius 1 is 1.43 bits per heavy atom. The van der Waals surface area contributed by atoms with Crippen molar-refractivity contribution in [2.24, 2.45) is 0 Å². The number of rotatable bonds is 7. The maximum atomic E-state index is 11.8. The van der Waals surface area contributed by atoms with Crippen molar-refractivity contribution in [3.63, 3.8) is 0 Å². The normalized spacial score (nSPS) is 17.7. The number of hydrogen-bond donors (Lipinski definition) is 2. The summed E-state index contributed by atoms with van der Waals surface area (Å²) in [6.45, 7) is 1.31. The first-order chi connectivity index (χ1) is 10.9. The van der Waals surface area contributed by atoms with E-state index < -0.39 is 9.84 Å². The highest BCUT2D eigenvalue weighted by atomic mass is 32.2. The lowest BCUT2D eigenvalue weighted by molar-refractivity contribution is 0.112. The zero-order valence-corrected chi connectivity index (χ0v) is 13.9. The molecule has 0 aliphatic carbocycles. The Labute approximate surface area is 136 Å². The molecule has 128 valence electrons. The highest BCUT2D eigenvalue weighted by Gasteiger charge is 2.16. The molecule has 1 unspecified atom stereocenters. The van der Waals surface area contributed by atoms with E-state index in [9.17, 15) is 13.2 Å². The second kappa shape index (κ2) is 8.16. The van der Waals surface area contributed by atoms with Crippen LogP contribution in [-0.4, -0.2) is 52.3 Å². The second-order valence-electron chi connectivity index (χ2n) is 5.48. The Kier molecular flexibility index (Phi) is 6.23. The van der Waals surface area contributed by atoms with Gasteiger partial charge in [-0.2, -0.15) is 0 Å². The summed E-state index contributed by atoms with van der Waals surface area (Å²) in [4.78, 5) is 11.8. The quantitative estimate of drug-likeness (QED) is 0.781. The number of carbonyl (C=O) groups is 1. The Bertz CT molecular complexity index is 627. The summed E-state index contributed by atoms with van der Waals surface area (Å²) in [5.41, 5.74) is 0.576. The fraction of sp³-hybridized carbons (Fsp3) is 0.533. The Balaban J connectivity index is 1.78. The van der Waals surface area contributed by atoms with Crippen molar-refractivity contribution in [1.29, 1.82) is 0 Å². The number of nitrogens with one attached hydrogen (secondary N) is 2. The summed E-state index contributed by atoms with van der Waals surface area (Å²) < 4.78 is 32.9. The van der Waals surface area contributed by atoms with Crippen molar-refractivity contribution in [3.8, 4) is 5.75 Å². The lowest BCUT2D eigenvalue weighted by Gasteiger charge is -2.12. The van der Waals surface area contributed by atoms with Gasteiger partial charge < -0.3 is 20.1 Å². The monoisotopic (exact) mass is 342 g/mol. The largest absolute Gasteiger partial charge is 0.492 e. The van der Waals surface area contributed by atoms with Crippen LogP contribution < -0.4 is 15.4 Å². The van der Waals surface area contributed by atoms with Gasteiger partial charge in [0.05, 0.1) is 11.9 Å². The molecule has 0 aromatic heterocycles. The molecule has 1 saturated heterocycles. The molecular formula is C15H22N2O5S. The minimum Gasteiger partial charge on any atom is -0.492 e. The minimum absolute atomic E-state index is 0.0491. The molecule has 1 atom stereocenters. The summed E-state index contributed by atoms with van der Waals surface area (Å²) in [5, 5.41) is 5.47. The van der Waals surface area contributed by atoms with Crippen molar-refractivity contribution in [2.45, 2.75) is 18.9 Å². The molecule has 2 N–H and O–H groups in total. The van der Waals surface area contributed by atoms with Crippen LogP contribution in [0, 0.1) is 0 Å². The third kappa shape index (κ3) is 6.87. The van der Waals surface area contributed by atoms with Crippen LogP contribution in [0.1, 0.15) is 12.8 Å². The highest BCUT2D eigenvalue weighted by Crippen LogP contribution is 2.17. The maximum Gasteiger partial charge on any atom is 0.319 e. The lowest BCUT2D eigenvalue weighted by Crippen LogP contribution is -2.35. The van der Waals surface area contributed by atoms with Gasteiger partial charge >= 0.3 is 6.03 Å². The van der Waals surface area contributed by atoms with Crippen molar-refractivity contribution < 1.29 is 22.7 Å². The van der Waals surface area contributed by atoms with E-state index in [1.54, 1.807) is 24.3 Å². The van der Waals surface area contributed by atoms with Crippen molar-refractivity contribution in [2.75, 3.05) is 37.1 Å². The van der Waals surface area contributed by atoms with Gasteiger partial charge in [-0.1, -0.05) is 6.07 Å². The van der Waals surface area contributed by atoms with E-state index in [0.717, 1.165) is 25.7 Å². The Morgan fingerprint density at radius 2 is 2.26 bits per heavy atom. The standard InChI is InChI=1S/C15H22N2O5S/c1-23(19,20)9-8-22-13-5-2-4-12(10-13)17-15(18)16-11-14-6-3-7-21-14/h2,4-5,10,14H,3,6-9,11H2,1H3,(H2,16,17,18). The van der Waals surface area contributed by atoms with E-state index in [0.29, 0.717) is 18.0 Å². The molecular weight excluding hydrogens is 320 g/mol. The van der Waals surface area contributed by atoms with Crippen LogP contribution in [-0.2, 0) is 14.6 Å². The van der Waals surface area contributed by atoms with E-state index in [1.165, 1.54) is 0 Å². The number of urea groups is 1. The number of benzene rings is 1. The van der Waals surface area contributed by atoms with Gasteiger partial charge in [0.15, 0.2) is 9.84 Å². The molecule has 1 aromatic rings. The maximum absolute atomic E-state index is 11.8. The average molecular weight is 342 g/mol. The fourth-order valence-corrected chi connectivity index (χ4v) is 2.55. The molecule has 2 amide bonds. The van der Waals surface area contributed by atoms with E-state index in [-0.39, 0.29) is 24.5 Å². The number of carbonyl (C=O) groups excluding carboxylic acids is 1. The van der Waals surface area contributed by atoms with Crippen LogP contribution in [0.25, 0.3) is 0 Å². The van der Waals surface area contributed by atoms with Crippen LogP contribution >= 0.6 is 0 Å². The lowest BCUT2D eigenvalue weighted by atomic mass is 10.2. The van der Waals surface area contributed by atoms with Crippen LogP contribution in [0.15, 0.2) is 24.3 Å². The molecule has 0 spiro atoms. The van der Waals surface area contributed by atoms with Crippen LogP contribution in [0.3, 0.4) is 0 Å². The predicted octanol–water partition coefficient (Wildman–Crippen LogP) is 1.41. The van der Waals surface area contributed by atoms with E-state index in [2.05, 4.69) is 10.6 Å². The summed E-state index contributed by atoms with van der Waals surface area (Å²) in [5.74, 6) is 0.456. The molecule has 1 fully saturated rings. The van der Waals surface area contributed by atoms with Gasteiger partial charge in [0.25, 0.3) is 0 Å². The summed E-state index contributed by atoms with van der Waals surface area (Å²) in [7, 11) is -3.06. The number of ether oxygens (including phenoxy) is 2. The Morgan fingerprint density at radius 3 is 2.96 bits per heavy atom. The molecule has 7 nitrogen and oxygen atoms in total. The van der Waals surface area contributed by atoms with Crippen LogP contribution in [0.4, 0.5) is 10.5 Å². The molecule has 1 aliphatic rings. The fourth-order valence-electron chi connectivity index (χ4n) is 2.16. The smallest absolute Gasteiger partial charge is 0.319 e. The number of anilines is 1. The molecule has 1 aromatic carbocycles. The number of sulfone groups is 1. The number of hydrogen-bond acceptors (Lipinski definition) is 5. The molecule has 2 rings (SSSR count). The molecule has 1 aliphatic heterocycles. The zero-order chi connectivity index (χ0) is 16.7. The first kappa shape index (κ1) is 17.6. The summed E-state index contributed by atoms with van der Waals surface area (Å²) in [6, 6.07) is 6.50. The second-order valence-corrected chi connectivity index (χ2v) is 7.74. The molecule has 8 heteroatoms. The Hall–Kier alpha value is -1.80. The van der Waals surface area contributed by atoms with Gasteiger partial charge in [0, 0.05) is 31.2 Å². The molecule has 23 heavy (non-hydrogen) atoms. The van der Waals surface area contributed by atoms with Gasteiger partial charge in [-0.3, -0.25) is 0 Å². The number of amides is 2. The topological polar surface area (TPSA) is 93.7 Å². The van der Waals surface area contributed by atoms with Gasteiger partial charge in [-0.25, -0.2) is 13.2 Å². The zero-order valence-electron chi connectivity index (χ0n) is 13.1. The summed E-state index contributed by atoms with van der Waals surface area (Å²) >= 11 is 0. The molecule has 0 radical (unpaired) electrons. The average Bonchev–Trinajstić information content (AvgIpc) is 2.97. The van der Waals surface area contributed by atoms with E-state index in [1.807, 2.05) is 0 Å². The van der Waals surface area contributed by atoms with E-state index >= 15 is 0 Å². The van der Waals surface area contributed by atoms with Gasteiger partial charge in [-0.05, 0) is 25.0 Å². The first-order valence-corrected chi connectivity index (χ1v) is 9.55. The van der Waals surface area contributed by atoms with Gasteiger partial charge in [0.1, 0.15) is 12.4 Å². The van der Waals surface area contributed by atoms with Crippen LogP contribution in [0.2, 0.25) is 0 Å². The molecule has 1 heterocycles. The molecule has 0 saturated carbocycles. The minimum atomic E-state index is -3.06. The third-order valence-corrected chi connectivity index (χ3v) is 4.24. The highest BCUT2D eigenvalue weighted by molar-refractivity contribution is 7.90. The van der Waals surface area contributed by atoms with Crippen molar-refractivity contribution in [1.82, 2.24) is 5.32 Å². The van der Waals surface area contributed by atoms with Crippen molar-refractivity contribution in [3.05, 3.63) is 24.3 Å². The summed E-state index contributed by atoms with van der Waals surface area (Å²) in [6.07, 6.45) is 3.24. The third-order valence-electron chi connectivity index (χ3n) is 3.33. The molecule has 0 bridgehead atoms. The predicted molar refractivity (Wildman–Crippen MR) is 87.6 cm³/mol.